The Morgan fingerprint density at radius 1 is 1.60 bits per heavy atom. The lowest BCUT2D eigenvalue weighted by molar-refractivity contribution is -0.127. The normalized spacial score (nSPS) is 38.9. The van der Waals surface area contributed by atoms with Crippen LogP contribution < -0.4 is 5.73 Å². The summed E-state index contributed by atoms with van der Waals surface area (Å²) >= 11 is 0. The van der Waals surface area contributed by atoms with Crippen LogP contribution in [0.25, 0.3) is 0 Å². The van der Waals surface area contributed by atoms with E-state index in [1.54, 1.807) is 0 Å². The molecule has 0 bridgehead atoms. The van der Waals surface area contributed by atoms with Crippen LogP contribution in [0, 0.1) is 0 Å². The summed E-state index contributed by atoms with van der Waals surface area (Å²) in [6.45, 7) is 0.942. The van der Waals surface area contributed by atoms with Crippen molar-refractivity contribution in [3.63, 3.8) is 0 Å². The fraction of sp³-hybridized carbons (Fsp3) is 0.857. The molecule has 2 heterocycles. The predicted octanol–water partition coefficient (Wildman–Crippen LogP) is -0.292. The first-order valence-electron chi connectivity index (χ1n) is 3.84. The molecular formula is C7H12N2O. The minimum absolute atomic E-state index is 0.120. The zero-order chi connectivity index (χ0) is 7.14. The maximum atomic E-state index is 11.1. The van der Waals surface area contributed by atoms with E-state index in [9.17, 15) is 4.79 Å². The van der Waals surface area contributed by atoms with Gasteiger partial charge in [0, 0.05) is 25.0 Å². The Morgan fingerprint density at radius 3 is 3.10 bits per heavy atom. The topological polar surface area (TPSA) is 46.3 Å². The smallest absolute Gasteiger partial charge is 0.224 e. The molecule has 0 aromatic carbocycles. The van der Waals surface area contributed by atoms with E-state index in [0.29, 0.717) is 12.5 Å². The molecule has 0 aromatic heterocycles. The highest BCUT2D eigenvalue weighted by Crippen LogP contribution is 2.27. The van der Waals surface area contributed by atoms with Gasteiger partial charge in [0.25, 0.3) is 0 Å². The van der Waals surface area contributed by atoms with Crippen LogP contribution in [-0.4, -0.2) is 29.4 Å². The highest BCUT2D eigenvalue weighted by molar-refractivity contribution is 5.80. The summed E-state index contributed by atoms with van der Waals surface area (Å²) in [6, 6.07) is 0.502. The van der Waals surface area contributed by atoms with Crippen LogP contribution in [-0.2, 0) is 4.79 Å². The predicted molar refractivity (Wildman–Crippen MR) is 37.3 cm³/mol. The number of rotatable bonds is 0. The molecule has 56 valence electrons. The van der Waals surface area contributed by atoms with Gasteiger partial charge < -0.3 is 10.6 Å². The SMILES string of the molecule is NC1CC(=O)N2CCC[C@@H]12. The van der Waals surface area contributed by atoms with Crippen molar-refractivity contribution in [3.05, 3.63) is 0 Å². The molecule has 2 saturated heterocycles. The molecule has 1 amide bonds. The van der Waals surface area contributed by atoms with Crippen LogP contribution in [0.3, 0.4) is 0 Å². The molecule has 3 heteroatoms. The number of carbonyl (C=O) groups is 1. The van der Waals surface area contributed by atoms with Gasteiger partial charge in [-0.15, -0.1) is 0 Å². The van der Waals surface area contributed by atoms with E-state index in [4.69, 9.17) is 5.73 Å². The Labute approximate surface area is 60.2 Å². The summed E-state index contributed by atoms with van der Waals surface area (Å²) in [7, 11) is 0. The van der Waals surface area contributed by atoms with Crippen LogP contribution >= 0.6 is 0 Å². The summed E-state index contributed by atoms with van der Waals surface area (Å²) in [5.41, 5.74) is 5.75. The van der Waals surface area contributed by atoms with Crippen molar-refractivity contribution in [2.24, 2.45) is 5.73 Å². The molecule has 0 spiro atoms. The molecule has 3 nitrogen and oxygen atoms in total. The van der Waals surface area contributed by atoms with E-state index in [0.717, 1.165) is 19.4 Å². The third kappa shape index (κ3) is 0.669. The van der Waals surface area contributed by atoms with E-state index in [1.807, 2.05) is 4.90 Å². The van der Waals surface area contributed by atoms with Crippen molar-refractivity contribution in [2.75, 3.05) is 6.54 Å². The molecule has 2 atom stereocenters. The summed E-state index contributed by atoms with van der Waals surface area (Å²) in [6.07, 6.45) is 2.84. The minimum atomic E-state index is 0.120. The lowest BCUT2D eigenvalue weighted by Gasteiger charge is -2.16. The largest absolute Gasteiger partial charge is 0.338 e. The van der Waals surface area contributed by atoms with Gasteiger partial charge in [-0.2, -0.15) is 0 Å². The summed E-state index contributed by atoms with van der Waals surface area (Å²) in [4.78, 5) is 13.0. The molecule has 0 saturated carbocycles. The fourth-order valence-electron chi connectivity index (χ4n) is 2.00. The summed E-state index contributed by atoms with van der Waals surface area (Å²) in [5.74, 6) is 0.259. The number of fused-ring (bicyclic) bond motifs is 1. The standard InChI is InChI=1S/C7H12N2O/c8-5-4-7(10)9-3-1-2-6(5)9/h5-6H,1-4,8H2/t5?,6-/m0/s1. The lowest BCUT2D eigenvalue weighted by atomic mass is 10.1. The molecule has 2 N–H and O–H groups in total. The highest BCUT2D eigenvalue weighted by atomic mass is 16.2. The molecule has 2 rings (SSSR count). The van der Waals surface area contributed by atoms with Gasteiger partial charge >= 0.3 is 0 Å². The number of nitrogens with zero attached hydrogens (tertiary/aromatic N) is 1. The van der Waals surface area contributed by atoms with E-state index in [1.165, 1.54) is 0 Å². The zero-order valence-corrected chi connectivity index (χ0v) is 5.92. The molecule has 2 aliphatic heterocycles. The summed E-state index contributed by atoms with van der Waals surface area (Å²) < 4.78 is 0. The highest BCUT2D eigenvalue weighted by Gasteiger charge is 2.40. The van der Waals surface area contributed by atoms with Crippen LogP contribution in [0.15, 0.2) is 0 Å². The van der Waals surface area contributed by atoms with Crippen molar-refractivity contribution in [3.8, 4) is 0 Å². The zero-order valence-electron chi connectivity index (χ0n) is 5.92. The van der Waals surface area contributed by atoms with Crippen molar-refractivity contribution in [1.82, 2.24) is 4.90 Å². The quantitative estimate of drug-likeness (QED) is 0.502. The van der Waals surface area contributed by atoms with Crippen LogP contribution in [0.2, 0.25) is 0 Å². The van der Waals surface area contributed by atoms with Crippen molar-refractivity contribution in [1.29, 1.82) is 0 Å². The van der Waals surface area contributed by atoms with Gasteiger partial charge in [-0.3, -0.25) is 4.79 Å². The first-order valence-corrected chi connectivity index (χ1v) is 3.84. The number of amides is 1. The molecule has 2 fully saturated rings. The molecule has 0 radical (unpaired) electrons. The Balaban J connectivity index is 2.19. The monoisotopic (exact) mass is 140 g/mol. The second kappa shape index (κ2) is 1.95. The first kappa shape index (κ1) is 6.16. The van der Waals surface area contributed by atoms with Crippen LogP contribution in [0.5, 0.6) is 0 Å². The maximum absolute atomic E-state index is 11.1. The molecular weight excluding hydrogens is 128 g/mol. The average molecular weight is 140 g/mol. The molecule has 1 unspecified atom stereocenters. The van der Waals surface area contributed by atoms with E-state index < -0.39 is 0 Å². The van der Waals surface area contributed by atoms with Gasteiger partial charge in [0.1, 0.15) is 0 Å². The van der Waals surface area contributed by atoms with Gasteiger partial charge in [-0.1, -0.05) is 0 Å². The number of hydrogen-bond donors (Lipinski definition) is 1. The Hall–Kier alpha value is -0.570. The Kier molecular flexibility index (Phi) is 1.20. The Morgan fingerprint density at radius 2 is 2.40 bits per heavy atom. The van der Waals surface area contributed by atoms with Gasteiger partial charge in [-0.05, 0) is 12.8 Å². The lowest BCUT2D eigenvalue weighted by Crippen LogP contribution is -2.35. The number of carbonyl (C=O) groups excluding carboxylic acids is 1. The van der Waals surface area contributed by atoms with Crippen molar-refractivity contribution in [2.45, 2.75) is 31.3 Å². The first-order chi connectivity index (χ1) is 4.79. The minimum Gasteiger partial charge on any atom is -0.338 e. The van der Waals surface area contributed by atoms with Crippen molar-refractivity contribution >= 4 is 5.91 Å². The van der Waals surface area contributed by atoms with E-state index >= 15 is 0 Å². The van der Waals surface area contributed by atoms with Crippen molar-refractivity contribution < 1.29 is 4.79 Å². The fourth-order valence-corrected chi connectivity index (χ4v) is 2.00. The third-order valence-corrected chi connectivity index (χ3v) is 2.52. The summed E-state index contributed by atoms with van der Waals surface area (Å²) in [5, 5.41) is 0. The maximum Gasteiger partial charge on any atom is 0.224 e. The molecule has 10 heavy (non-hydrogen) atoms. The Bertz CT molecular complexity index is 169. The van der Waals surface area contributed by atoms with Gasteiger partial charge in [-0.25, -0.2) is 0 Å². The van der Waals surface area contributed by atoms with Gasteiger partial charge in [0.05, 0.1) is 0 Å². The number of nitrogens with two attached hydrogens (primary N) is 1. The second-order valence-corrected chi connectivity index (χ2v) is 3.16. The number of hydrogen-bond acceptors (Lipinski definition) is 2. The van der Waals surface area contributed by atoms with Gasteiger partial charge in [0.15, 0.2) is 0 Å². The molecule has 2 aliphatic rings. The third-order valence-electron chi connectivity index (χ3n) is 2.52. The second-order valence-electron chi connectivity index (χ2n) is 3.16. The van der Waals surface area contributed by atoms with Crippen LogP contribution in [0.4, 0.5) is 0 Å². The van der Waals surface area contributed by atoms with E-state index in [-0.39, 0.29) is 11.9 Å². The molecule has 0 aromatic rings. The molecule has 0 aliphatic carbocycles. The van der Waals surface area contributed by atoms with Gasteiger partial charge in [0.2, 0.25) is 5.91 Å². The van der Waals surface area contributed by atoms with Crippen LogP contribution in [0.1, 0.15) is 19.3 Å². The average Bonchev–Trinajstić information content (AvgIpc) is 2.39. The van der Waals surface area contributed by atoms with E-state index in [2.05, 4.69) is 0 Å².